The van der Waals surface area contributed by atoms with Gasteiger partial charge in [0.1, 0.15) is 0 Å². The van der Waals surface area contributed by atoms with E-state index in [0.717, 1.165) is 6.54 Å². The summed E-state index contributed by atoms with van der Waals surface area (Å²) in [5.74, 6) is 0. The number of rotatable bonds is 4. The Bertz CT molecular complexity index is 396. The zero-order valence-electron chi connectivity index (χ0n) is 14.8. The Kier molecular flexibility index (Phi) is 6.87. The largest absolute Gasteiger partial charge is 0.298 e. The first-order valence-corrected chi connectivity index (χ1v) is 8.80. The number of benzene rings is 1. The molecule has 3 heteroatoms. The topological polar surface area (TPSA) is 9.72 Å². The summed E-state index contributed by atoms with van der Waals surface area (Å²) in [5, 5.41) is 0. The molecule has 1 heterocycles. The standard InChI is InChI=1S/C19H33N3/c1-17(2)21-12-10-20(16-19-8-6-5-7-9-19)11-13-22(15-14-21)18(3)4/h5-9,17-18H,10-16H2,1-4H3. The molecule has 0 atom stereocenters. The third-order valence-corrected chi connectivity index (χ3v) is 4.79. The van der Waals surface area contributed by atoms with Gasteiger partial charge in [0.05, 0.1) is 0 Å². The molecule has 3 nitrogen and oxygen atoms in total. The summed E-state index contributed by atoms with van der Waals surface area (Å²) in [6.45, 7) is 17.4. The second-order valence-corrected chi connectivity index (χ2v) is 7.02. The molecular weight excluding hydrogens is 270 g/mol. The fourth-order valence-electron chi connectivity index (χ4n) is 3.16. The molecule has 0 amide bonds. The first-order chi connectivity index (χ1) is 10.6. The summed E-state index contributed by atoms with van der Waals surface area (Å²) >= 11 is 0. The highest BCUT2D eigenvalue weighted by atomic mass is 15.3. The Labute approximate surface area is 136 Å². The van der Waals surface area contributed by atoms with E-state index >= 15 is 0 Å². The molecule has 0 aromatic heterocycles. The summed E-state index contributed by atoms with van der Waals surface area (Å²) in [7, 11) is 0. The van der Waals surface area contributed by atoms with E-state index < -0.39 is 0 Å². The van der Waals surface area contributed by atoms with Gasteiger partial charge in [0, 0.05) is 57.9 Å². The molecule has 124 valence electrons. The van der Waals surface area contributed by atoms with Crippen LogP contribution in [0.25, 0.3) is 0 Å². The van der Waals surface area contributed by atoms with Gasteiger partial charge in [-0.05, 0) is 33.3 Å². The number of hydrogen-bond acceptors (Lipinski definition) is 3. The van der Waals surface area contributed by atoms with Crippen molar-refractivity contribution >= 4 is 0 Å². The van der Waals surface area contributed by atoms with Crippen LogP contribution in [0.2, 0.25) is 0 Å². The van der Waals surface area contributed by atoms with Crippen molar-refractivity contribution in [2.45, 2.75) is 46.3 Å². The van der Waals surface area contributed by atoms with Gasteiger partial charge in [-0.25, -0.2) is 0 Å². The van der Waals surface area contributed by atoms with Gasteiger partial charge in [-0.2, -0.15) is 0 Å². The van der Waals surface area contributed by atoms with Crippen molar-refractivity contribution in [3.8, 4) is 0 Å². The molecule has 0 bridgehead atoms. The lowest BCUT2D eigenvalue weighted by Gasteiger charge is -2.30. The minimum Gasteiger partial charge on any atom is -0.298 e. The normalized spacial score (nSPS) is 20.1. The smallest absolute Gasteiger partial charge is 0.0234 e. The minimum absolute atomic E-state index is 0.630. The fourth-order valence-corrected chi connectivity index (χ4v) is 3.16. The van der Waals surface area contributed by atoms with E-state index in [1.165, 1.54) is 44.8 Å². The molecule has 0 spiro atoms. The van der Waals surface area contributed by atoms with E-state index in [2.05, 4.69) is 72.7 Å². The van der Waals surface area contributed by atoms with E-state index in [9.17, 15) is 0 Å². The van der Waals surface area contributed by atoms with Crippen LogP contribution in [0.1, 0.15) is 33.3 Å². The maximum Gasteiger partial charge on any atom is 0.0234 e. The van der Waals surface area contributed by atoms with Crippen LogP contribution in [-0.4, -0.2) is 66.1 Å². The predicted molar refractivity (Wildman–Crippen MR) is 95.1 cm³/mol. The first kappa shape index (κ1) is 17.5. The monoisotopic (exact) mass is 303 g/mol. The molecule has 0 aliphatic carbocycles. The van der Waals surface area contributed by atoms with E-state index in [-0.39, 0.29) is 0 Å². The maximum atomic E-state index is 2.62. The minimum atomic E-state index is 0.630. The first-order valence-electron chi connectivity index (χ1n) is 8.80. The maximum absolute atomic E-state index is 2.62. The van der Waals surface area contributed by atoms with Crippen LogP contribution < -0.4 is 0 Å². The lowest BCUT2D eigenvalue weighted by molar-refractivity contribution is 0.169. The molecular formula is C19H33N3. The summed E-state index contributed by atoms with van der Waals surface area (Å²) in [6.07, 6.45) is 0. The highest BCUT2D eigenvalue weighted by Gasteiger charge is 2.19. The summed E-state index contributed by atoms with van der Waals surface area (Å²) in [5.41, 5.74) is 1.42. The third-order valence-electron chi connectivity index (χ3n) is 4.79. The van der Waals surface area contributed by atoms with Gasteiger partial charge in [-0.15, -0.1) is 0 Å². The van der Waals surface area contributed by atoms with Gasteiger partial charge < -0.3 is 0 Å². The average molecular weight is 303 g/mol. The van der Waals surface area contributed by atoms with Gasteiger partial charge >= 0.3 is 0 Å². The van der Waals surface area contributed by atoms with Crippen molar-refractivity contribution in [2.75, 3.05) is 39.3 Å². The van der Waals surface area contributed by atoms with Crippen LogP contribution in [0.15, 0.2) is 30.3 Å². The molecule has 2 rings (SSSR count). The van der Waals surface area contributed by atoms with Crippen LogP contribution >= 0.6 is 0 Å². The molecule has 1 fully saturated rings. The molecule has 1 aliphatic heterocycles. The number of hydrogen-bond donors (Lipinski definition) is 0. The van der Waals surface area contributed by atoms with E-state index in [1.54, 1.807) is 0 Å². The molecule has 0 saturated carbocycles. The molecule has 0 radical (unpaired) electrons. The highest BCUT2D eigenvalue weighted by Crippen LogP contribution is 2.10. The van der Waals surface area contributed by atoms with Crippen molar-refractivity contribution < 1.29 is 0 Å². The van der Waals surface area contributed by atoms with Crippen molar-refractivity contribution in [3.63, 3.8) is 0 Å². The zero-order chi connectivity index (χ0) is 15.9. The molecule has 0 N–H and O–H groups in total. The Morgan fingerprint density at radius 1 is 0.727 bits per heavy atom. The summed E-state index contributed by atoms with van der Waals surface area (Å²) in [6, 6.07) is 12.1. The average Bonchev–Trinajstić information content (AvgIpc) is 2.59. The van der Waals surface area contributed by atoms with E-state index in [4.69, 9.17) is 0 Å². The lowest BCUT2D eigenvalue weighted by atomic mass is 10.2. The van der Waals surface area contributed by atoms with Gasteiger partial charge in [0.25, 0.3) is 0 Å². The molecule has 22 heavy (non-hydrogen) atoms. The predicted octanol–water partition coefficient (Wildman–Crippen LogP) is 2.92. The van der Waals surface area contributed by atoms with Crippen molar-refractivity contribution in [1.29, 1.82) is 0 Å². The molecule has 1 aliphatic rings. The van der Waals surface area contributed by atoms with Crippen molar-refractivity contribution in [3.05, 3.63) is 35.9 Å². The summed E-state index contributed by atoms with van der Waals surface area (Å²) < 4.78 is 0. The quantitative estimate of drug-likeness (QED) is 0.847. The van der Waals surface area contributed by atoms with Crippen LogP contribution in [0, 0.1) is 0 Å². The Hall–Kier alpha value is -0.900. The molecule has 1 aromatic rings. The third kappa shape index (κ3) is 5.38. The Balaban J connectivity index is 2.02. The van der Waals surface area contributed by atoms with Gasteiger partial charge in [0.15, 0.2) is 0 Å². The molecule has 1 aromatic carbocycles. The fraction of sp³-hybridized carbons (Fsp3) is 0.684. The molecule has 0 unspecified atom stereocenters. The molecule has 1 saturated heterocycles. The number of nitrogens with zero attached hydrogens (tertiary/aromatic N) is 3. The van der Waals surface area contributed by atoms with Gasteiger partial charge in [-0.3, -0.25) is 14.7 Å². The van der Waals surface area contributed by atoms with Gasteiger partial charge in [-0.1, -0.05) is 30.3 Å². The van der Waals surface area contributed by atoms with Crippen molar-refractivity contribution in [2.24, 2.45) is 0 Å². The second-order valence-electron chi connectivity index (χ2n) is 7.02. The van der Waals surface area contributed by atoms with Gasteiger partial charge in [0.2, 0.25) is 0 Å². The SMILES string of the molecule is CC(C)N1CCN(Cc2ccccc2)CCN(C(C)C)CC1. The van der Waals surface area contributed by atoms with Crippen molar-refractivity contribution in [1.82, 2.24) is 14.7 Å². The second kappa shape index (κ2) is 8.66. The van der Waals surface area contributed by atoms with E-state index in [0.29, 0.717) is 12.1 Å². The zero-order valence-corrected chi connectivity index (χ0v) is 14.8. The van der Waals surface area contributed by atoms with Crippen LogP contribution in [0.3, 0.4) is 0 Å². The lowest BCUT2D eigenvalue weighted by Crippen LogP contribution is -2.41. The van der Waals surface area contributed by atoms with Crippen LogP contribution in [0.4, 0.5) is 0 Å². The van der Waals surface area contributed by atoms with Crippen LogP contribution in [0.5, 0.6) is 0 Å². The van der Waals surface area contributed by atoms with E-state index in [1.807, 2.05) is 0 Å². The Morgan fingerprint density at radius 2 is 1.18 bits per heavy atom. The highest BCUT2D eigenvalue weighted by molar-refractivity contribution is 5.14. The summed E-state index contributed by atoms with van der Waals surface area (Å²) in [4.78, 5) is 7.86. The Morgan fingerprint density at radius 3 is 1.64 bits per heavy atom. The van der Waals surface area contributed by atoms with Crippen LogP contribution in [-0.2, 0) is 6.54 Å².